The Morgan fingerprint density at radius 2 is 1.96 bits per heavy atom. The fourth-order valence-electron chi connectivity index (χ4n) is 3.39. The van der Waals surface area contributed by atoms with E-state index in [4.69, 9.17) is 0 Å². The van der Waals surface area contributed by atoms with Crippen LogP contribution >= 0.6 is 11.3 Å². The van der Waals surface area contributed by atoms with Crippen LogP contribution in [0.4, 0.5) is 0 Å². The van der Waals surface area contributed by atoms with Gasteiger partial charge in [0.25, 0.3) is 5.91 Å². The smallest absolute Gasteiger partial charge is 0.272 e. The van der Waals surface area contributed by atoms with E-state index >= 15 is 0 Å². The number of carbonyl (C=O) groups excluding carboxylic acids is 2. The van der Waals surface area contributed by atoms with Crippen molar-refractivity contribution in [2.24, 2.45) is 13.0 Å². The number of rotatable bonds is 5. The molecular weight excluding hydrogens is 362 g/mol. The minimum Gasteiger partial charge on any atom is -0.348 e. The van der Waals surface area contributed by atoms with Gasteiger partial charge in [0, 0.05) is 35.8 Å². The van der Waals surface area contributed by atoms with Crippen molar-refractivity contribution in [1.29, 1.82) is 0 Å². The number of carbonyl (C=O) groups is 2. The van der Waals surface area contributed by atoms with Crippen LogP contribution in [0, 0.1) is 19.8 Å². The Morgan fingerprint density at radius 1 is 1.26 bits per heavy atom. The maximum atomic E-state index is 12.5. The zero-order chi connectivity index (χ0) is 19.6. The van der Waals surface area contributed by atoms with Gasteiger partial charge in [0.05, 0.1) is 6.04 Å². The maximum absolute atomic E-state index is 12.5. The third-order valence-electron chi connectivity index (χ3n) is 5.15. The molecule has 146 valence electrons. The summed E-state index contributed by atoms with van der Waals surface area (Å²) >= 11 is 1.57. The predicted molar refractivity (Wildman–Crippen MR) is 105 cm³/mol. The second-order valence-electron chi connectivity index (χ2n) is 7.37. The summed E-state index contributed by atoms with van der Waals surface area (Å²) in [7, 11) is 1.82. The first-order valence-corrected chi connectivity index (χ1v) is 10.3. The van der Waals surface area contributed by atoms with Crippen LogP contribution in [0.2, 0.25) is 0 Å². The normalized spacial score (nSPS) is 20.9. The van der Waals surface area contributed by atoms with E-state index in [-0.39, 0.29) is 29.8 Å². The molecule has 0 saturated heterocycles. The molecule has 1 aliphatic rings. The van der Waals surface area contributed by atoms with Gasteiger partial charge in [-0.15, -0.1) is 11.3 Å². The highest BCUT2D eigenvalue weighted by Crippen LogP contribution is 2.26. The van der Waals surface area contributed by atoms with Gasteiger partial charge >= 0.3 is 0 Å². The molecular formula is C19H27N5O2S. The van der Waals surface area contributed by atoms with Crippen LogP contribution < -0.4 is 10.6 Å². The minimum atomic E-state index is -0.139. The van der Waals surface area contributed by atoms with Crippen molar-refractivity contribution >= 4 is 23.2 Å². The zero-order valence-electron chi connectivity index (χ0n) is 16.3. The lowest BCUT2D eigenvalue weighted by atomic mass is 9.85. The van der Waals surface area contributed by atoms with Gasteiger partial charge < -0.3 is 10.6 Å². The summed E-state index contributed by atoms with van der Waals surface area (Å²) in [5.74, 6) is -0.0569. The summed E-state index contributed by atoms with van der Waals surface area (Å²) in [5, 5.41) is 13.3. The van der Waals surface area contributed by atoms with Crippen molar-refractivity contribution in [2.45, 2.75) is 58.5 Å². The molecule has 0 aliphatic heterocycles. The number of aryl methyl sites for hydroxylation is 3. The van der Waals surface area contributed by atoms with E-state index in [1.165, 1.54) is 0 Å². The molecule has 2 aromatic heterocycles. The zero-order valence-corrected chi connectivity index (χ0v) is 17.1. The van der Waals surface area contributed by atoms with Gasteiger partial charge in [-0.05, 0) is 52.5 Å². The molecule has 0 spiro atoms. The van der Waals surface area contributed by atoms with Gasteiger partial charge in [-0.1, -0.05) is 0 Å². The van der Waals surface area contributed by atoms with Gasteiger partial charge in [0.15, 0.2) is 0 Å². The lowest BCUT2D eigenvalue weighted by Crippen LogP contribution is -2.41. The first kappa shape index (κ1) is 19.5. The summed E-state index contributed by atoms with van der Waals surface area (Å²) in [5.41, 5.74) is 2.38. The first-order valence-electron chi connectivity index (χ1n) is 9.37. The Kier molecular flexibility index (Phi) is 5.94. The highest BCUT2D eigenvalue weighted by molar-refractivity contribution is 7.09. The van der Waals surface area contributed by atoms with E-state index in [2.05, 4.69) is 20.7 Å². The topological polar surface area (TPSA) is 88.9 Å². The molecule has 2 heterocycles. The average molecular weight is 390 g/mol. The van der Waals surface area contributed by atoms with Crippen molar-refractivity contribution < 1.29 is 9.59 Å². The number of aromatic nitrogens is 3. The molecule has 8 heteroatoms. The highest BCUT2D eigenvalue weighted by Gasteiger charge is 2.28. The summed E-state index contributed by atoms with van der Waals surface area (Å²) in [4.78, 5) is 29.3. The highest BCUT2D eigenvalue weighted by atomic mass is 32.1. The standard InChI is InChI=1S/C19H27N5O2S/c1-11-10-27-19(20-11)13(3)21-17(25)14-5-7-15(8-6-14)22-18(26)16-9-12(2)24(4)23-16/h9-10,13-15H,5-8H2,1-4H3,(H,21,25)(H,22,26). The average Bonchev–Trinajstić information content (AvgIpc) is 3.21. The summed E-state index contributed by atoms with van der Waals surface area (Å²) in [6.07, 6.45) is 3.17. The van der Waals surface area contributed by atoms with E-state index in [9.17, 15) is 9.59 Å². The fourth-order valence-corrected chi connectivity index (χ4v) is 4.20. The molecule has 1 unspecified atom stereocenters. The Balaban J connectivity index is 1.46. The van der Waals surface area contributed by atoms with Crippen LogP contribution in [-0.2, 0) is 11.8 Å². The van der Waals surface area contributed by atoms with Gasteiger partial charge in [-0.3, -0.25) is 14.3 Å². The molecule has 1 saturated carbocycles. The number of hydrogen-bond donors (Lipinski definition) is 2. The molecule has 27 heavy (non-hydrogen) atoms. The van der Waals surface area contributed by atoms with Crippen LogP contribution in [0.1, 0.15) is 65.5 Å². The second-order valence-corrected chi connectivity index (χ2v) is 8.26. The van der Waals surface area contributed by atoms with Gasteiger partial charge in [0.1, 0.15) is 10.7 Å². The quantitative estimate of drug-likeness (QED) is 0.823. The van der Waals surface area contributed by atoms with Crippen LogP contribution in [0.5, 0.6) is 0 Å². The van der Waals surface area contributed by atoms with Crippen molar-refractivity contribution in [3.63, 3.8) is 0 Å². The van der Waals surface area contributed by atoms with Crippen molar-refractivity contribution in [3.8, 4) is 0 Å². The fraction of sp³-hybridized carbons (Fsp3) is 0.579. The largest absolute Gasteiger partial charge is 0.348 e. The van der Waals surface area contributed by atoms with E-state index in [1.54, 1.807) is 22.1 Å². The predicted octanol–water partition coefficient (Wildman–Crippen LogP) is 2.66. The molecule has 0 aromatic carbocycles. The van der Waals surface area contributed by atoms with E-state index in [1.807, 2.05) is 33.2 Å². The third-order valence-corrected chi connectivity index (χ3v) is 6.29. The monoisotopic (exact) mass is 389 g/mol. The Hall–Kier alpha value is -2.22. The summed E-state index contributed by atoms with van der Waals surface area (Å²) in [6, 6.07) is 1.82. The molecule has 0 bridgehead atoms. The Morgan fingerprint density at radius 3 is 2.52 bits per heavy atom. The van der Waals surface area contributed by atoms with Gasteiger partial charge in [-0.25, -0.2) is 4.98 Å². The molecule has 7 nitrogen and oxygen atoms in total. The molecule has 1 atom stereocenters. The Labute approximate surface area is 163 Å². The molecule has 1 fully saturated rings. The molecule has 2 aromatic rings. The molecule has 3 rings (SSSR count). The van der Waals surface area contributed by atoms with E-state index in [0.29, 0.717) is 5.69 Å². The van der Waals surface area contributed by atoms with Gasteiger partial charge in [0.2, 0.25) is 5.91 Å². The van der Waals surface area contributed by atoms with Crippen molar-refractivity contribution in [1.82, 2.24) is 25.4 Å². The Bertz CT molecular complexity index is 800. The molecule has 2 N–H and O–H groups in total. The van der Waals surface area contributed by atoms with E-state index in [0.717, 1.165) is 42.1 Å². The summed E-state index contributed by atoms with van der Waals surface area (Å²) in [6.45, 7) is 5.84. The molecule has 2 amide bonds. The van der Waals surface area contributed by atoms with Crippen LogP contribution in [0.15, 0.2) is 11.4 Å². The van der Waals surface area contributed by atoms with Crippen molar-refractivity contribution in [3.05, 3.63) is 33.5 Å². The lowest BCUT2D eigenvalue weighted by Gasteiger charge is -2.28. The summed E-state index contributed by atoms with van der Waals surface area (Å²) < 4.78 is 1.70. The maximum Gasteiger partial charge on any atom is 0.272 e. The number of thiazole rings is 1. The second kappa shape index (κ2) is 8.21. The van der Waals surface area contributed by atoms with Crippen LogP contribution in [0.25, 0.3) is 0 Å². The molecule has 1 aliphatic carbocycles. The first-order chi connectivity index (χ1) is 12.8. The van der Waals surface area contributed by atoms with Gasteiger partial charge in [-0.2, -0.15) is 5.10 Å². The number of amides is 2. The third kappa shape index (κ3) is 4.74. The number of nitrogens with zero attached hydrogens (tertiary/aromatic N) is 3. The van der Waals surface area contributed by atoms with E-state index < -0.39 is 0 Å². The molecule has 0 radical (unpaired) electrons. The minimum absolute atomic E-state index is 0.00115. The van der Waals surface area contributed by atoms with Crippen LogP contribution in [0.3, 0.4) is 0 Å². The SMILES string of the molecule is Cc1csc(C(C)NC(=O)C2CCC(NC(=O)c3cc(C)n(C)n3)CC2)n1. The lowest BCUT2D eigenvalue weighted by molar-refractivity contribution is -0.126. The van der Waals surface area contributed by atoms with Crippen molar-refractivity contribution in [2.75, 3.05) is 0 Å². The number of hydrogen-bond acceptors (Lipinski definition) is 5. The van der Waals surface area contributed by atoms with Crippen LogP contribution in [-0.4, -0.2) is 32.6 Å². The number of nitrogens with one attached hydrogen (secondary N) is 2.